The minimum Gasteiger partial charge on any atom is -0.393 e. The lowest BCUT2D eigenvalue weighted by molar-refractivity contribution is 0.0885. The number of aliphatic hydroxyl groups is 1. The van der Waals surface area contributed by atoms with Crippen LogP contribution in [0.2, 0.25) is 0 Å². The van der Waals surface area contributed by atoms with Gasteiger partial charge < -0.3 is 5.11 Å². The van der Waals surface area contributed by atoms with Crippen LogP contribution in [0.5, 0.6) is 0 Å². The highest BCUT2D eigenvalue weighted by Gasteiger charge is 2.31. The van der Waals surface area contributed by atoms with Crippen LogP contribution in [0, 0.1) is 5.92 Å². The zero-order chi connectivity index (χ0) is 13.2. The summed E-state index contributed by atoms with van der Waals surface area (Å²) in [5, 5.41) is 9.61. The van der Waals surface area contributed by atoms with E-state index in [-0.39, 0.29) is 5.92 Å². The maximum Gasteiger partial charge on any atom is 0.243 e. The van der Waals surface area contributed by atoms with Gasteiger partial charge in [-0.3, -0.25) is 0 Å². The standard InChI is InChI=1S/C13H19NO3S/c1-11(15)12-6-5-9-14(10-12)18(16,17)13-7-3-2-4-8-13/h2-4,7-8,11-12,15H,5-6,9-10H2,1H3. The van der Waals surface area contributed by atoms with Gasteiger partial charge in [0, 0.05) is 13.1 Å². The van der Waals surface area contributed by atoms with E-state index in [1.807, 2.05) is 0 Å². The summed E-state index contributed by atoms with van der Waals surface area (Å²) in [5.41, 5.74) is 0. The molecule has 1 aromatic rings. The molecule has 100 valence electrons. The zero-order valence-corrected chi connectivity index (χ0v) is 11.3. The van der Waals surface area contributed by atoms with Crippen molar-refractivity contribution in [2.75, 3.05) is 13.1 Å². The molecule has 0 saturated carbocycles. The van der Waals surface area contributed by atoms with E-state index in [0.29, 0.717) is 18.0 Å². The second-order valence-electron chi connectivity index (χ2n) is 4.82. The Morgan fingerprint density at radius 1 is 1.33 bits per heavy atom. The van der Waals surface area contributed by atoms with Gasteiger partial charge in [0.1, 0.15) is 0 Å². The molecule has 1 aliphatic heterocycles. The molecule has 1 saturated heterocycles. The summed E-state index contributed by atoms with van der Waals surface area (Å²) in [6, 6.07) is 8.47. The Labute approximate surface area is 108 Å². The number of hydrogen-bond acceptors (Lipinski definition) is 3. The Morgan fingerprint density at radius 3 is 2.61 bits per heavy atom. The van der Waals surface area contributed by atoms with Crippen molar-refractivity contribution in [3.05, 3.63) is 30.3 Å². The molecule has 2 rings (SSSR count). The van der Waals surface area contributed by atoms with Crippen LogP contribution >= 0.6 is 0 Å². The van der Waals surface area contributed by atoms with Gasteiger partial charge in [-0.2, -0.15) is 4.31 Å². The number of rotatable bonds is 3. The molecule has 4 nitrogen and oxygen atoms in total. The van der Waals surface area contributed by atoms with Gasteiger partial charge in [0.25, 0.3) is 0 Å². The van der Waals surface area contributed by atoms with Crippen LogP contribution in [0.3, 0.4) is 0 Å². The lowest BCUT2D eigenvalue weighted by Crippen LogP contribution is -2.42. The highest BCUT2D eigenvalue weighted by Crippen LogP contribution is 2.25. The minimum absolute atomic E-state index is 0.0391. The molecular weight excluding hydrogens is 250 g/mol. The monoisotopic (exact) mass is 269 g/mol. The molecule has 5 heteroatoms. The van der Waals surface area contributed by atoms with Crippen molar-refractivity contribution >= 4 is 10.0 Å². The number of nitrogens with zero attached hydrogens (tertiary/aromatic N) is 1. The summed E-state index contributed by atoms with van der Waals surface area (Å²) in [6.07, 6.45) is 1.24. The summed E-state index contributed by atoms with van der Waals surface area (Å²) < 4.78 is 26.3. The van der Waals surface area contributed by atoms with Gasteiger partial charge >= 0.3 is 0 Å². The fourth-order valence-corrected chi connectivity index (χ4v) is 3.88. The quantitative estimate of drug-likeness (QED) is 0.904. The number of benzene rings is 1. The Balaban J connectivity index is 2.21. The molecule has 18 heavy (non-hydrogen) atoms. The Hall–Kier alpha value is -0.910. The highest BCUT2D eigenvalue weighted by molar-refractivity contribution is 7.89. The average Bonchev–Trinajstić information content (AvgIpc) is 2.40. The van der Waals surface area contributed by atoms with Gasteiger partial charge in [-0.25, -0.2) is 8.42 Å². The second-order valence-corrected chi connectivity index (χ2v) is 6.76. The van der Waals surface area contributed by atoms with Crippen molar-refractivity contribution in [1.82, 2.24) is 4.31 Å². The van der Waals surface area contributed by atoms with Gasteiger partial charge in [0.2, 0.25) is 10.0 Å². The number of hydrogen-bond donors (Lipinski definition) is 1. The molecule has 1 fully saturated rings. The average molecular weight is 269 g/mol. The first-order valence-corrected chi connectivity index (χ1v) is 7.69. The van der Waals surface area contributed by atoms with Crippen LogP contribution in [0.1, 0.15) is 19.8 Å². The van der Waals surface area contributed by atoms with Gasteiger partial charge in [-0.1, -0.05) is 18.2 Å². The maximum atomic E-state index is 12.4. The van der Waals surface area contributed by atoms with Crippen LogP contribution in [-0.2, 0) is 10.0 Å². The number of sulfonamides is 1. The summed E-state index contributed by atoms with van der Waals surface area (Å²) in [4.78, 5) is 0.330. The van der Waals surface area contributed by atoms with Crippen molar-refractivity contribution in [1.29, 1.82) is 0 Å². The fourth-order valence-electron chi connectivity index (χ4n) is 2.33. The molecule has 0 radical (unpaired) electrons. The Morgan fingerprint density at radius 2 is 2.00 bits per heavy atom. The van der Waals surface area contributed by atoms with E-state index in [4.69, 9.17) is 0 Å². The smallest absolute Gasteiger partial charge is 0.243 e. The van der Waals surface area contributed by atoms with Crippen molar-refractivity contribution < 1.29 is 13.5 Å². The first-order chi connectivity index (χ1) is 8.51. The molecular formula is C13H19NO3S. The zero-order valence-electron chi connectivity index (χ0n) is 10.5. The molecule has 0 amide bonds. The van der Waals surface area contributed by atoms with Crippen LogP contribution in [0.25, 0.3) is 0 Å². The maximum absolute atomic E-state index is 12.4. The molecule has 0 aliphatic carbocycles. The summed E-state index contributed by atoms with van der Waals surface area (Å²) in [6.45, 7) is 2.68. The first-order valence-electron chi connectivity index (χ1n) is 6.25. The van der Waals surface area contributed by atoms with Crippen LogP contribution < -0.4 is 0 Å². The summed E-state index contributed by atoms with van der Waals surface area (Å²) >= 11 is 0. The normalized spacial score (nSPS) is 23.8. The van der Waals surface area contributed by atoms with Crippen LogP contribution in [0.15, 0.2) is 35.2 Å². The first kappa shape index (κ1) is 13.5. The predicted octanol–water partition coefficient (Wildman–Crippen LogP) is 1.47. The summed E-state index contributed by atoms with van der Waals surface area (Å²) in [5.74, 6) is 0.0391. The van der Waals surface area contributed by atoms with E-state index in [2.05, 4.69) is 0 Å². The van der Waals surface area contributed by atoms with Gasteiger partial charge in [0.15, 0.2) is 0 Å². The van der Waals surface area contributed by atoms with Crippen LogP contribution in [0.4, 0.5) is 0 Å². The second kappa shape index (κ2) is 5.38. The number of aliphatic hydroxyl groups excluding tert-OH is 1. The van der Waals surface area contributed by atoms with E-state index in [9.17, 15) is 13.5 Å². The lowest BCUT2D eigenvalue weighted by Gasteiger charge is -2.33. The number of piperidine rings is 1. The molecule has 2 unspecified atom stereocenters. The minimum atomic E-state index is -3.41. The van der Waals surface area contributed by atoms with Crippen molar-refractivity contribution in [2.45, 2.75) is 30.8 Å². The molecule has 1 aliphatic rings. The third-order valence-electron chi connectivity index (χ3n) is 3.48. The summed E-state index contributed by atoms with van der Waals surface area (Å²) in [7, 11) is -3.41. The van der Waals surface area contributed by atoms with E-state index in [1.54, 1.807) is 37.3 Å². The van der Waals surface area contributed by atoms with Gasteiger partial charge in [-0.05, 0) is 37.8 Å². The third kappa shape index (κ3) is 2.74. The predicted molar refractivity (Wildman–Crippen MR) is 69.6 cm³/mol. The topological polar surface area (TPSA) is 57.6 Å². The van der Waals surface area contributed by atoms with E-state index >= 15 is 0 Å². The Kier molecular flexibility index (Phi) is 4.04. The molecule has 1 aromatic carbocycles. The van der Waals surface area contributed by atoms with Gasteiger partial charge in [-0.15, -0.1) is 0 Å². The van der Waals surface area contributed by atoms with Crippen molar-refractivity contribution in [2.24, 2.45) is 5.92 Å². The Bertz CT molecular complexity index is 484. The highest BCUT2D eigenvalue weighted by atomic mass is 32.2. The van der Waals surface area contributed by atoms with E-state index < -0.39 is 16.1 Å². The molecule has 1 heterocycles. The molecule has 1 N–H and O–H groups in total. The SMILES string of the molecule is CC(O)C1CCCN(S(=O)(=O)c2ccccc2)C1. The van der Waals surface area contributed by atoms with Crippen molar-refractivity contribution in [3.63, 3.8) is 0 Å². The van der Waals surface area contributed by atoms with Crippen molar-refractivity contribution in [3.8, 4) is 0 Å². The fraction of sp³-hybridized carbons (Fsp3) is 0.538. The molecule has 0 bridgehead atoms. The van der Waals surface area contributed by atoms with E-state index in [1.165, 1.54) is 4.31 Å². The largest absolute Gasteiger partial charge is 0.393 e. The van der Waals surface area contributed by atoms with Gasteiger partial charge in [0.05, 0.1) is 11.0 Å². The third-order valence-corrected chi connectivity index (χ3v) is 5.36. The van der Waals surface area contributed by atoms with E-state index in [0.717, 1.165) is 12.8 Å². The molecule has 0 spiro atoms. The lowest BCUT2D eigenvalue weighted by atomic mass is 9.95. The van der Waals surface area contributed by atoms with Crippen LogP contribution in [-0.4, -0.2) is 37.0 Å². The molecule has 0 aromatic heterocycles. The molecule has 2 atom stereocenters.